The third-order valence-corrected chi connectivity index (χ3v) is 6.44. The standard InChI is InChI=1S/C25H49N3O2.HI/c1-4-6-8-9-10-11-12-13-14-17-24(29)26-19-16-22-28(3,21-7-5-2)23-27-20-15-18-25(27)30;/h4-23H2,1-3H3;1H. The maximum atomic E-state index is 12.1. The Morgan fingerprint density at radius 3 is 2.06 bits per heavy atom. The number of hydrogen-bond acceptors (Lipinski definition) is 2. The van der Waals surface area contributed by atoms with Crippen LogP contribution in [0.4, 0.5) is 0 Å². The zero-order chi connectivity index (χ0) is 22.1. The van der Waals surface area contributed by atoms with Crippen molar-refractivity contribution in [1.82, 2.24) is 10.2 Å². The lowest BCUT2D eigenvalue weighted by Crippen LogP contribution is -3.00. The molecule has 1 atom stereocenters. The molecule has 1 saturated heterocycles. The average Bonchev–Trinajstić information content (AvgIpc) is 3.12. The summed E-state index contributed by atoms with van der Waals surface area (Å²) in [4.78, 5) is 26.2. The molecule has 5 nitrogen and oxygen atoms in total. The summed E-state index contributed by atoms with van der Waals surface area (Å²) in [7, 11) is 2.27. The molecule has 0 saturated carbocycles. The van der Waals surface area contributed by atoms with Crippen molar-refractivity contribution in [3.63, 3.8) is 0 Å². The SMILES string of the molecule is CCCCCCCCCCCC(=O)NCCC[N+](C)(CCCC)CN1CCCC1=O.[I-]. The Morgan fingerprint density at radius 1 is 0.903 bits per heavy atom. The second-order valence-electron chi connectivity index (χ2n) is 9.60. The maximum absolute atomic E-state index is 12.1. The Bertz CT molecular complexity index is 476. The van der Waals surface area contributed by atoms with E-state index in [1.54, 1.807) is 0 Å². The molecule has 1 unspecified atom stereocenters. The van der Waals surface area contributed by atoms with E-state index in [1.165, 1.54) is 64.2 Å². The lowest BCUT2D eigenvalue weighted by molar-refractivity contribution is -0.918. The number of carbonyl (C=O) groups excluding carboxylic acids is 2. The van der Waals surface area contributed by atoms with Crippen LogP contribution in [-0.2, 0) is 9.59 Å². The number of nitrogens with zero attached hydrogens (tertiary/aromatic N) is 2. The zero-order valence-electron chi connectivity index (χ0n) is 20.7. The summed E-state index contributed by atoms with van der Waals surface area (Å²) in [6.07, 6.45) is 17.3. The van der Waals surface area contributed by atoms with Gasteiger partial charge in [-0.1, -0.05) is 71.6 Å². The van der Waals surface area contributed by atoms with Crippen LogP contribution in [0.1, 0.15) is 110 Å². The van der Waals surface area contributed by atoms with Crippen molar-refractivity contribution in [1.29, 1.82) is 0 Å². The van der Waals surface area contributed by atoms with Gasteiger partial charge in [0.2, 0.25) is 11.8 Å². The summed E-state index contributed by atoms with van der Waals surface area (Å²) >= 11 is 0. The Balaban J connectivity index is 0.00000900. The average molecular weight is 552 g/mol. The van der Waals surface area contributed by atoms with Crippen molar-refractivity contribution in [2.24, 2.45) is 0 Å². The first kappa shape index (κ1) is 30.6. The number of hydrogen-bond donors (Lipinski definition) is 1. The van der Waals surface area contributed by atoms with Gasteiger partial charge in [0.05, 0.1) is 20.1 Å². The molecular weight excluding hydrogens is 501 g/mol. The van der Waals surface area contributed by atoms with E-state index in [4.69, 9.17) is 0 Å². The molecule has 0 radical (unpaired) electrons. The Labute approximate surface area is 209 Å². The number of carbonyl (C=O) groups is 2. The number of quaternary nitrogens is 1. The first-order valence-corrected chi connectivity index (χ1v) is 12.9. The Morgan fingerprint density at radius 2 is 1.48 bits per heavy atom. The molecule has 0 aromatic carbocycles. The van der Waals surface area contributed by atoms with Gasteiger partial charge in [-0.15, -0.1) is 0 Å². The minimum atomic E-state index is 0. The van der Waals surface area contributed by atoms with Gasteiger partial charge in [-0.25, -0.2) is 0 Å². The number of halogens is 1. The van der Waals surface area contributed by atoms with Gasteiger partial charge >= 0.3 is 0 Å². The van der Waals surface area contributed by atoms with Gasteiger partial charge < -0.3 is 33.8 Å². The number of amides is 2. The van der Waals surface area contributed by atoms with Crippen molar-refractivity contribution in [2.45, 2.75) is 110 Å². The monoisotopic (exact) mass is 551 g/mol. The van der Waals surface area contributed by atoms with Gasteiger partial charge in [0.1, 0.15) is 0 Å². The van der Waals surface area contributed by atoms with Gasteiger partial charge in [-0.3, -0.25) is 14.5 Å². The summed E-state index contributed by atoms with van der Waals surface area (Å²) in [5.41, 5.74) is 0. The minimum Gasteiger partial charge on any atom is -1.00 e. The summed E-state index contributed by atoms with van der Waals surface area (Å²) in [5.74, 6) is 0.514. The Kier molecular flexibility index (Phi) is 18.9. The molecule has 1 rings (SSSR count). The number of likely N-dealkylation sites (tertiary alicyclic amines) is 1. The highest BCUT2D eigenvalue weighted by atomic mass is 127. The number of unbranched alkanes of at least 4 members (excludes halogenated alkanes) is 9. The van der Waals surface area contributed by atoms with E-state index in [-0.39, 0.29) is 29.9 Å². The topological polar surface area (TPSA) is 49.4 Å². The fraction of sp³-hybridized carbons (Fsp3) is 0.920. The van der Waals surface area contributed by atoms with Crippen LogP contribution >= 0.6 is 0 Å². The highest BCUT2D eigenvalue weighted by Crippen LogP contribution is 2.16. The van der Waals surface area contributed by atoms with E-state index in [0.717, 1.165) is 56.6 Å². The minimum absolute atomic E-state index is 0. The molecule has 2 amide bonds. The van der Waals surface area contributed by atoms with E-state index in [9.17, 15) is 9.59 Å². The molecule has 31 heavy (non-hydrogen) atoms. The third-order valence-electron chi connectivity index (χ3n) is 6.44. The van der Waals surface area contributed by atoms with Crippen LogP contribution < -0.4 is 29.3 Å². The molecule has 6 heteroatoms. The van der Waals surface area contributed by atoms with Gasteiger partial charge in [0.25, 0.3) is 0 Å². The molecule has 1 aliphatic rings. The highest BCUT2D eigenvalue weighted by Gasteiger charge is 2.29. The molecule has 0 aromatic heterocycles. The van der Waals surface area contributed by atoms with Crippen molar-refractivity contribution >= 4 is 11.8 Å². The lowest BCUT2D eigenvalue weighted by Gasteiger charge is -2.37. The first-order chi connectivity index (χ1) is 14.5. The molecule has 184 valence electrons. The summed E-state index contributed by atoms with van der Waals surface area (Å²) in [6.45, 7) is 9.09. The predicted molar refractivity (Wildman–Crippen MR) is 126 cm³/mol. The molecular formula is C25H50IN3O2. The van der Waals surface area contributed by atoms with Crippen molar-refractivity contribution in [3.8, 4) is 0 Å². The van der Waals surface area contributed by atoms with E-state index in [1.807, 2.05) is 4.90 Å². The van der Waals surface area contributed by atoms with Crippen LogP contribution in [0.25, 0.3) is 0 Å². The van der Waals surface area contributed by atoms with Crippen molar-refractivity contribution in [2.75, 3.05) is 39.9 Å². The van der Waals surface area contributed by atoms with Crippen LogP contribution in [0.5, 0.6) is 0 Å². The van der Waals surface area contributed by atoms with Gasteiger partial charge in [-0.05, 0) is 19.3 Å². The molecule has 1 aliphatic heterocycles. The third kappa shape index (κ3) is 15.2. The predicted octanol–water partition coefficient (Wildman–Crippen LogP) is 2.24. The van der Waals surface area contributed by atoms with Crippen LogP contribution in [0, 0.1) is 0 Å². The van der Waals surface area contributed by atoms with Crippen LogP contribution in [-0.4, -0.2) is 61.1 Å². The Hall–Kier alpha value is -0.370. The molecule has 1 N–H and O–H groups in total. The lowest BCUT2D eigenvalue weighted by atomic mass is 10.1. The zero-order valence-corrected chi connectivity index (χ0v) is 22.9. The largest absolute Gasteiger partial charge is 1.00 e. The van der Waals surface area contributed by atoms with Crippen LogP contribution in [0.3, 0.4) is 0 Å². The second-order valence-corrected chi connectivity index (χ2v) is 9.60. The van der Waals surface area contributed by atoms with Crippen molar-refractivity contribution in [3.05, 3.63) is 0 Å². The summed E-state index contributed by atoms with van der Waals surface area (Å²) < 4.78 is 0.910. The van der Waals surface area contributed by atoms with E-state index >= 15 is 0 Å². The van der Waals surface area contributed by atoms with E-state index in [0.29, 0.717) is 18.7 Å². The molecule has 1 heterocycles. The fourth-order valence-corrected chi connectivity index (χ4v) is 4.43. The molecule has 0 bridgehead atoms. The molecule has 0 spiro atoms. The van der Waals surface area contributed by atoms with Gasteiger partial charge in [-0.2, -0.15) is 0 Å². The molecule has 0 aliphatic carbocycles. The molecule has 0 aromatic rings. The molecule has 1 fully saturated rings. The second kappa shape index (κ2) is 19.1. The normalized spacial score (nSPS) is 15.6. The highest BCUT2D eigenvalue weighted by molar-refractivity contribution is 5.77. The number of nitrogens with one attached hydrogen (secondary N) is 1. The quantitative estimate of drug-likeness (QED) is 0.152. The first-order valence-electron chi connectivity index (χ1n) is 12.9. The van der Waals surface area contributed by atoms with Crippen LogP contribution in [0.15, 0.2) is 0 Å². The summed E-state index contributed by atoms with van der Waals surface area (Å²) in [5, 5.41) is 3.11. The van der Waals surface area contributed by atoms with Crippen LogP contribution in [0.2, 0.25) is 0 Å². The smallest absolute Gasteiger partial charge is 0.226 e. The van der Waals surface area contributed by atoms with E-state index < -0.39 is 0 Å². The maximum Gasteiger partial charge on any atom is 0.226 e. The van der Waals surface area contributed by atoms with E-state index in [2.05, 4.69) is 26.2 Å². The van der Waals surface area contributed by atoms with Crippen molar-refractivity contribution < 1.29 is 38.0 Å². The van der Waals surface area contributed by atoms with Gasteiger partial charge in [0, 0.05) is 32.4 Å². The van der Waals surface area contributed by atoms with Gasteiger partial charge in [0.15, 0.2) is 6.67 Å². The fourth-order valence-electron chi connectivity index (χ4n) is 4.43. The number of rotatable bonds is 19. The summed E-state index contributed by atoms with van der Waals surface area (Å²) in [6, 6.07) is 0.